The lowest BCUT2D eigenvalue weighted by atomic mass is 10.1. The Morgan fingerprint density at radius 2 is 1.04 bits per heavy atom. The summed E-state index contributed by atoms with van der Waals surface area (Å²) in [4.78, 5) is 22.4. The van der Waals surface area contributed by atoms with Crippen molar-refractivity contribution in [3.8, 4) is 46.1 Å². The Labute approximate surface area is 345 Å². The maximum Gasteiger partial charge on any atom is 0.175 e. The van der Waals surface area contributed by atoms with Crippen LogP contribution >= 0.6 is 68.0 Å². The molecule has 0 bridgehead atoms. The first-order valence-electron chi connectivity index (χ1n) is 18.4. The van der Waals surface area contributed by atoms with E-state index in [-0.39, 0.29) is 0 Å². The molecule has 0 N–H and O–H groups in total. The lowest BCUT2D eigenvalue weighted by molar-refractivity contribution is 0.112. The predicted molar refractivity (Wildman–Crippen MR) is 245 cm³/mol. The fourth-order valence-corrected chi connectivity index (χ4v) is 13.5. The van der Waals surface area contributed by atoms with E-state index in [1.54, 1.807) is 52.5 Å². The Morgan fingerprint density at radius 3 is 1.60 bits per heavy atom. The number of unbranched alkanes of at least 4 members (excludes halogenated alkanes) is 3. The number of carbonyl (C=O) groups excluding carboxylic acids is 1. The number of rotatable bonds is 14. The number of hydrogen-bond donors (Lipinski definition) is 0. The summed E-state index contributed by atoms with van der Waals surface area (Å²) in [6.45, 7) is 2.27. The SMILES string of the molecule is CCCCCCc1ccc(-c2ccc(-c3ccc(N(c4ccc(-c5cc6sc(C=O)cc6s5)cc4)c4ccc(-c5cc6sc(OC)cc6s5)cc4)cc3)s2)s1. The molecule has 9 aromatic rings. The number of thiophene rings is 6. The van der Waals surface area contributed by atoms with E-state index in [0.29, 0.717) is 0 Å². The molecule has 0 spiro atoms. The number of nitrogens with zero attached hydrogens (tertiary/aromatic N) is 1. The van der Waals surface area contributed by atoms with E-state index in [9.17, 15) is 4.79 Å². The van der Waals surface area contributed by atoms with Gasteiger partial charge in [0.1, 0.15) is 0 Å². The highest BCUT2D eigenvalue weighted by Gasteiger charge is 2.17. The van der Waals surface area contributed by atoms with Crippen LogP contribution in [0.4, 0.5) is 17.1 Å². The largest absolute Gasteiger partial charge is 0.487 e. The summed E-state index contributed by atoms with van der Waals surface area (Å²) < 4.78 is 10.3. The molecule has 3 nitrogen and oxygen atoms in total. The van der Waals surface area contributed by atoms with Gasteiger partial charge in [0.15, 0.2) is 11.3 Å². The van der Waals surface area contributed by atoms with Crippen molar-refractivity contribution in [2.45, 2.75) is 39.0 Å². The molecule has 274 valence electrons. The highest BCUT2D eigenvalue weighted by Crippen LogP contribution is 2.44. The van der Waals surface area contributed by atoms with Gasteiger partial charge >= 0.3 is 0 Å². The van der Waals surface area contributed by atoms with Crippen LogP contribution < -0.4 is 9.64 Å². The molecule has 6 aromatic heterocycles. The van der Waals surface area contributed by atoms with E-state index in [2.05, 4.69) is 127 Å². The molecular formula is C46H37NO2S6. The van der Waals surface area contributed by atoms with Crippen LogP contribution in [0.2, 0.25) is 0 Å². The zero-order valence-corrected chi connectivity index (χ0v) is 35.3. The standard InChI is InChI=1S/C46H37NO2S6/c1-3-4-5-6-7-35-20-21-38(50-35)39-23-22-37(52-39)29-8-14-32(15-9-29)47(33-16-10-30(11-17-33)40-25-43-42(53-40)24-36(28-48)51-43)34-18-12-31(13-19-34)41-26-44-45(54-41)27-46(49-2)55-44/h8-28H,3-7H2,1-2H3. The second kappa shape index (κ2) is 16.0. The predicted octanol–water partition coefficient (Wildman–Crippen LogP) is 16.4. The molecule has 9 rings (SSSR count). The Bertz CT molecular complexity index is 2640. The van der Waals surface area contributed by atoms with E-state index < -0.39 is 0 Å². The highest BCUT2D eigenvalue weighted by atomic mass is 32.1. The minimum absolute atomic E-state index is 0.777. The molecule has 0 unspecified atom stereocenters. The summed E-state index contributed by atoms with van der Waals surface area (Å²) in [5.74, 6) is 0. The Kier molecular flexibility index (Phi) is 10.6. The zero-order valence-electron chi connectivity index (χ0n) is 30.4. The molecular weight excluding hydrogens is 791 g/mol. The molecule has 0 atom stereocenters. The van der Waals surface area contributed by atoms with Crippen molar-refractivity contribution in [2.75, 3.05) is 12.0 Å². The number of anilines is 3. The third-order valence-corrected chi connectivity index (χ3v) is 16.8. The Hall–Kier alpha value is -4.35. The molecule has 6 heterocycles. The third-order valence-electron chi connectivity index (χ3n) is 9.75. The first kappa shape index (κ1) is 36.3. The maximum atomic E-state index is 11.3. The second-order valence-corrected chi connectivity index (χ2v) is 20.0. The molecule has 0 saturated heterocycles. The summed E-state index contributed by atoms with van der Waals surface area (Å²) in [6.07, 6.45) is 7.33. The quantitative estimate of drug-likeness (QED) is 0.0808. The minimum Gasteiger partial charge on any atom is -0.487 e. The first-order valence-corrected chi connectivity index (χ1v) is 23.3. The van der Waals surface area contributed by atoms with Gasteiger partial charge in [-0.1, -0.05) is 73.9 Å². The second-order valence-electron chi connectivity index (χ2n) is 13.4. The van der Waals surface area contributed by atoms with E-state index in [1.807, 2.05) is 28.7 Å². The summed E-state index contributed by atoms with van der Waals surface area (Å²) in [5, 5.41) is 0.950. The molecule has 0 amide bonds. The molecule has 0 fully saturated rings. The molecule has 9 heteroatoms. The number of fused-ring (bicyclic) bond motifs is 2. The van der Waals surface area contributed by atoms with Gasteiger partial charge < -0.3 is 9.64 Å². The lowest BCUT2D eigenvalue weighted by Gasteiger charge is -2.26. The summed E-state index contributed by atoms with van der Waals surface area (Å²) in [5.41, 5.74) is 6.91. The van der Waals surface area contributed by atoms with Crippen LogP contribution in [-0.2, 0) is 6.42 Å². The van der Waals surface area contributed by atoms with Gasteiger partial charge in [-0.15, -0.1) is 56.7 Å². The third kappa shape index (κ3) is 7.62. The van der Waals surface area contributed by atoms with E-state index in [1.165, 1.54) is 87.5 Å². The van der Waals surface area contributed by atoms with Crippen molar-refractivity contribution in [1.82, 2.24) is 0 Å². The normalized spacial score (nSPS) is 11.5. The van der Waals surface area contributed by atoms with Gasteiger partial charge in [0.05, 0.1) is 12.0 Å². The van der Waals surface area contributed by atoms with Crippen LogP contribution in [-0.4, -0.2) is 13.4 Å². The van der Waals surface area contributed by atoms with Crippen molar-refractivity contribution in [3.63, 3.8) is 0 Å². The van der Waals surface area contributed by atoms with Gasteiger partial charge in [-0.05, 0) is 108 Å². The van der Waals surface area contributed by atoms with Crippen molar-refractivity contribution in [3.05, 3.63) is 131 Å². The van der Waals surface area contributed by atoms with E-state index >= 15 is 0 Å². The number of hydrogen-bond acceptors (Lipinski definition) is 9. The molecule has 0 aliphatic rings. The Balaban J connectivity index is 0.999. The van der Waals surface area contributed by atoms with Gasteiger partial charge in [0.2, 0.25) is 0 Å². The van der Waals surface area contributed by atoms with Crippen molar-refractivity contribution in [2.24, 2.45) is 0 Å². The molecule has 0 radical (unpaired) electrons. The van der Waals surface area contributed by atoms with Crippen LogP contribution in [0.15, 0.2) is 121 Å². The topological polar surface area (TPSA) is 29.5 Å². The number of methoxy groups -OCH3 is 1. The van der Waals surface area contributed by atoms with E-state index in [4.69, 9.17) is 4.74 Å². The van der Waals surface area contributed by atoms with Crippen molar-refractivity contribution >= 4 is 110 Å². The molecule has 55 heavy (non-hydrogen) atoms. The molecule has 0 aliphatic heterocycles. The van der Waals surface area contributed by atoms with Crippen LogP contribution in [0.5, 0.6) is 5.06 Å². The molecule has 0 saturated carbocycles. The maximum absolute atomic E-state index is 11.3. The lowest BCUT2D eigenvalue weighted by Crippen LogP contribution is -2.09. The van der Waals surface area contributed by atoms with Crippen LogP contribution in [0.25, 0.3) is 59.9 Å². The summed E-state index contributed by atoms with van der Waals surface area (Å²) in [6, 6.07) is 44.6. The Morgan fingerprint density at radius 1 is 0.509 bits per heavy atom. The summed E-state index contributed by atoms with van der Waals surface area (Å²) in [7, 11) is 1.73. The fourth-order valence-electron chi connectivity index (χ4n) is 6.88. The van der Waals surface area contributed by atoms with Crippen molar-refractivity contribution in [1.29, 1.82) is 0 Å². The van der Waals surface area contributed by atoms with Gasteiger partial charge in [0.25, 0.3) is 0 Å². The smallest absolute Gasteiger partial charge is 0.175 e. The number of carbonyl (C=O) groups is 1. The zero-order chi connectivity index (χ0) is 37.3. The molecule has 3 aromatic carbocycles. The van der Waals surface area contributed by atoms with Gasteiger partial charge in [-0.3, -0.25) is 4.79 Å². The number of ether oxygens (including phenoxy) is 1. The molecule has 0 aliphatic carbocycles. The fraction of sp³-hybridized carbons (Fsp3) is 0.152. The average Bonchev–Trinajstić information content (AvgIpc) is 4.07. The van der Waals surface area contributed by atoms with Crippen molar-refractivity contribution < 1.29 is 9.53 Å². The summed E-state index contributed by atoms with van der Waals surface area (Å²) >= 11 is 10.6. The minimum atomic E-state index is 0.777. The van der Waals surface area contributed by atoms with Gasteiger partial charge in [0, 0.05) is 71.2 Å². The monoisotopic (exact) mass is 827 g/mol. The van der Waals surface area contributed by atoms with Gasteiger partial charge in [-0.2, -0.15) is 0 Å². The van der Waals surface area contributed by atoms with E-state index in [0.717, 1.165) is 42.7 Å². The van der Waals surface area contributed by atoms with Crippen LogP contribution in [0, 0.1) is 0 Å². The van der Waals surface area contributed by atoms with Crippen LogP contribution in [0.1, 0.15) is 47.2 Å². The number of benzene rings is 3. The van der Waals surface area contributed by atoms with Crippen LogP contribution in [0.3, 0.4) is 0 Å². The van der Waals surface area contributed by atoms with Gasteiger partial charge in [-0.25, -0.2) is 0 Å². The first-order chi connectivity index (χ1) is 27.0. The number of aldehydes is 1. The average molecular weight is 828 g/mol. The number of aryl methyl sites for hydroxylation is 1. The highest BCUT2D eigenvalue weighted by molar-refractivity contribution is 7.31.